The van der Waals surface area contributed by atoms with E-state index in [1.165, 1.54) is 23.5 Å². The average molecular weight is 438 g/mol. The first-order valence-electron chi connectivity index (χ1n) is 9.46. The van der Waals surface area contributed by atoms with E-state index >= 15 is 0 Å². The van der Waals surface area contributed by atoms with Crippen LogP contribution in [0.5, 0.6) is 0 Å². The summed E-state index contributed by atoms with van der Waals surface area (Å²) in [6.45, 7) is 3.77. The van der Waals surface area contributed by atoms with E-state index in [0.29, 0.717) is 18.4 Å². The summed E-state index contributed by atoms with van der Waals surface area (Å²) in [5.74, 6) is -1.66. The number of nitrogens with one attached hydrogen (secondary N) is 1. The van der Waals surface area contributed by atoms with Crippen molar-refractivity contribution < 1.29 is 27.5 Å². The smallest absolute Gasteiger partial charge is 0.341 e. The standard InChI is InChI=1S/C20H23NO6S2/c1-3-26-19(22)14-11-8-12-15-16(14)17(20(23)27-4-2)18(28-15)21-29(24,25)13-9-6-5-7-10-13/h5-7,9-10,14,21H,3-4,8,11-12H2,1-2H3. The van der Waals surface area contributed by atoms with Gasteiger partial charge in [-0.3, -0.25) is 9.52 Å². The van der Waals surface area contributed by atoms with Crippen molar-refractivity contribution >= 4 is 38.3 Å². The third kappa shape index (κ3) is 4.45. The molecular weight excluding hydrogens is 414 g/mol. The van der Waals surface area contributed by atoms with E-state index in [-0.39, 0.29) is 28.7 Å². The normalized spacial score (nSPS) is 16.0. The summed E-state index contributed by atoms with van der Waals surface area (Å²) in [6, 6.07) is 7.91. The average Bonchev–Trinajstić information content (AvgIpc) is 3.06. The van der Waals surface area contributed by atoms with Gasteiger partial charge in [-0.1, -0.05) is 18.2 Å². The van der Waals surface area contributed by atoms with Gasteiger partial charge in [-0.25, -0.2) is 13.2 Å². The molecule has 9 heteroatoms. The maximum atomic E-state index is 12.8. The number of hydrogen-bond acceptors (Lipinski definition) is 7. The van der Waals surface area contributed by atoms with Crippen molar-refractivity contribution in [2.75, 3.05) is 17.9 Å². The second-order valence-corrected chi connectivity index (χ2v) is 9.27. The Hall–Kier alpha value is -2.39. The van der Waals surface area contributed by atoms with Crippen molar-refractivity contribution in [3.05, 3.63) is 46.3 Å². The van der Waals surface area contributed by atoms with Crippen LogP contribution in [0.4, 0.5) is 5.00 Å². The largest absolute Gasteiger partial charge is 0.466 e. The van der Waals surface area contributed by atoms with Gasteiger partial charge in [-0.05, 0) is 50.8 Å². The minimum atomic E-state index is -3.90. The van der Waals surface area contributed by atoms with Gasteiger partial charge in [0.05, 0.1) is 29.6 Å². The third-order valence-electron chi connectivity index (χ3n) is 4.60. The van der Waals surface area contributed by atoms with Crippen molar-refractivity contribution in [2.45, 2.75) is 43.9 Å². The lowest BCUT2D eigenvalue weighted by Gasteiger charge is -2.22. The summed E-state index contributed by atoms with van der Waals surface area (Å²) in [5, 5.41) is 0.175. The van der Waals surface area contributed by atoms with E-state index < -0.39 is 27.9 Å². The quantitative estimate of drug-likeness (QED) is 0.663. The van der Waals surface area contributed by atoms with Crippen LogP contribution in [0.15, 0.2) is 35.2 Å². The predicted molar refractivity (Wildman–Crippen MR) is 110 cm³/mol. The lowest BCUT2D eigenvalue weighted by Crippen LogP contribution is -2.23. The van der Waals surface area contributed by atoms with Crippen molar-refractivity contribution in [3.8, 4) is 0 Å². The number of carbonyl (C=O) groups excluding carboxylic acids is 2. The SMILES string of the molecule is CCOC(=O)c1c(NS(=O)(=O)c2ccccc2)sc2c1C(C(=O)OCC)CCC2. The van der Waals surface area contributed by atoms with Gasteiger partial charge in [0.15, 0.2) is 0 Å². The number of rotatable bonds is 7. The fourth-order valence-electron chi connectivity index (χ4n) is 3.39. The molecule has 1 heterocycles. The molecule has 3 rings (SSSR count). The molecule has 0 saturated heterocycles. The highest BCUT2D eigenvalue weighted by Crippen LogP contribution is 2.45. The zero-order valence-electron chi connectivity index (χ0n) is 16.3. The maximum Gasteiger partial charge on any atom is 0.341 e. The van der Waals surface area contributed by atoms with Gasteiger partial charge in [0, 0.05) is 4.88 Å². The Balaban J connectivity index is 2.08. The molecule has 0 amide bonds. The Morgan fingerprint density at radius 1 is 1.14 bits per heavy atom. The second-order valence-electron chi connectivity index (χ2n) is 6.48. The summed E-state index contributed by atoms with van der Waals surface area (Å²) < 4.78 is 38.5. The fourth-order valence-corrected chi connectivity index (χ4v) is 6.01. The van der Waals surface area contributed by atoms with Crippen LogP contribution in [-0.4, -0.2) is 33.6 Å². The number of benzene rings is 1. The molecule has 1 aromatic carbocycles. The monoisotopic (exact) mass is 437 g/mol. The van der Waals surface area contributed by atoms with Crippen molar-refractivity contribution in [3.63, 3.8) is 0 Å². The summed E-state index contributed by atoms with van der Waals surface area (Å²) in [6.07, 6.45) is 1.96. The number of esters is 2. The predicted octanol–water partition coefficient (Wildman–Crippen LogP) is 3.71. The molecule has 0 radical (unpaired) electrons. The molecule has 1 aliphatic rings. The topological polar surface area (TPSA) is 98.8 Å². The summed E-state index contributed by atoms with van der Waals surface area (Å²) in [4.78, 5) is 26.1. The Morgan fingerprint density at radius 3 is 2.48 bits per heavy atom. The van der Waals surface area contributed by atoms with E-state index in [9.17, 15) is 18.0 Å². The number of aryl methyl sites for hydroxylation is 1. The van der Waals surface area contributed by atoms with Crippen LogP contribution in [0.3, 0.4) is 0 Å². The van der Waals surface area contributed by atoms with Crippen LogP contribution < -0.4 is 4.72 Å². The van der Waals surface area contributed by atoms with Crippen LogP contribution >= 0.6 is 11.3 Å². The van der Waals surface area contributed by atoms with Crippen LogP contribution in [0.1, 0.15) is 53.4 Å². The van der Waals surface area contributed by atoms with E-state index in [1.807, 2.05) is 0 Å². The molecular formula is C20H23NO6S2. The molecule has 1 N–H and O–H groups in total. The van der Waals surface area contributed by atoms with Gasteiger partial charge in [0.2, 0.25) is 0 Å². The first-order chi connectivity index (χ1) is 13.9. The van der Waals surface area contributed by atoms with E-state index in [2.05, 4.69) is 4.72 Å². The molecule has 2 aromatic rings. The Labute approximate surface area is 174 Å². The van der Waals surface area contributed by atoms with Gasteiger partial charge in [0.1, 0.15) is 5.00 Å². The summed E-state index contributed by atoms with van der Waals surface area (Å²) in [5.41, 5.74) is 0.646. The Kier molecular flexibility index (Phi) is 6.59. The maximum absolute atomic E-state index is 12.8. The van der Waals surface area contributed by atoms with Crippen molar-refractivity contribution in [1.82, 2.24) is 0 Å². The number of carbonyl (C=O) groups is 2. The zero-order chi connectivity index (χ0) is 21.0. The van der Waals surface area contributed by atoms with Gasteiger partial charge >= 0.3 is 11.9 Å². The molecule has 0 fully saturated rings. The first-order valence-corrected chi connectivity index (χ1v) is 11.8. The van der Waals surface area contributed by atoms with Gasteiger partial charge < -0.3 is 9.47 Å². The molecule has 0 bridgehead atoms. The van der Waals surface area contributed by atoms with Crippen LogP contribution in [0, 0.1) is 0 Å². The highest BCUT2D eigenvalue weighted by atomic mass is 32.2. The number of ether oxygens (including phenoxy) is 2. The van der Waals surface area contributed by atoms with Crippen LogP contribution in [-0.2, 0) is 30.7 Å². The molecule has 156 valence electrons. The Morgan fingerprint density at radius 2 is 1.83 bits per heavy atom. The minimum Gasteiger partial charge on any atom is -0.466 e. The van der Waals surface area contributed by atoms with Crippen molar-refractivity contribution in [1.29, 1.82) is 0 Å². The highest BCUT2D eigenvalue weighted by Gasteiger charge is 2.37. The van der Waals surface area contributed by atoms with Gasteiger partial charge in [0.25, 0.3) is 10.0 Å². The third-order valence-corrected chi connectivity index (χ3v) is 7.27. The molecule has 29 heavy (non-hydrogen) atoms. The molecule has 0 aliphatic heterocycles. The molecule has 1 aliphatic carbocycles. The first kappa shape index (κ1) is 21.3. The summed E-state index contributed by atoms with van der Waals surface area (Å²) in [7, 11) is -3.90. The molecule has 0 spiro atoms. The summed E-state index contributed by atoms with van der Waals surface area (Å²) >= 11 is 1.18. The number of fused-ring (bicyclic) bond motifs is 1. The fraction of sp³-hybridized carbons (Fsp3) is 0.400. The molecule has 7 nitrogen and oxygen atoms in total. The number of sulfonamides is 1. The Bertz CT molecular complexity index is 997. The minimum absolute atomic E-state index is 0.0862. The van der Waals surface area contributed by atoms with E-state index in [4.69, 9.17) is 9.47 Å². The highest BCUT2D eigenvalue weighted by molar-refractivity contribution is 7.93. The van der Waals surface area contributed by atoms with E-state index in [1.54, 1.807) is 32.0 Å². The molecule has 1 atom stereocenters. The van der Waals surface area contributed by atoms with E-state index in [0.717, 1.165) is 11.3 Å². The number of thiophene rings is 1. The second kappa shape index (κ2) is 8.96. The lowest BCUT2D eigenvalue weighted by molar-refractivity contribution is -0.145. The number of hydrogen-bond donors (Lipinski definition) is 1. The van der Waals surface area contributed by atoms with Crippen LogP contribution in [0.25, 0.3) is 0 Å². The van der Waals surface area contributed by atoms with Crippen molar-refractivity contribution in [2.24, 2.45) is 0 Å². The molecule has 0 saturated carbocycles. The molecule has 1 unspecified atom stereocenters. The zero-order valence-corrected chi connectivity index (χ0v) is 17.9. The van der Waals surface area contributed by atoms with Crippen LogP contribution in [0.2, 0.25) is 0 Å². The number of anilines is 1. The van der Waals surface area contributed by atoms with Gasteiger partial charge in [-0.2, -0.15) is 0 Å². The molecule has 1 aromatic heterocycles. The lowest BCUT2D eigenvalue weighted by atomic mass is 9.85. The van der Waals surface area contributed by atoms with Gasteiger partial charge in [-0.15, -0.1) is 11.3 Å².